The zero-order valence-electron chi connectivity index (χ0n) is 22.6. The van der Waals surface area contributed by atoms with Gasteiger partial charge in [-0.05, 0) is 25.0 Å². The molecule has 39 heavy (non-hydrogen) atoms. The van der Waals surface area contributed by atoms with Gasteiger partial charge in [-0.25, -0.2) is 9.59 Å². The molecule has 3 aliphatic heterocycles. The first-order valence-corrected chi connectivity index (χ1v) is 13.8. The summed E-state index contributed by atoms with van der Waals surface area (Å²) >= 11 is 0. The van der Waals surface area contributed by atoms with Gasteiger partial charge in [-0.2, -0.15) is 0 Å². The molecule has 0 N–H and O–H groups in total. The number of nitrogens with zero attached hydrogens (tertiary/aromatic N) is 1. The Kier molecular flexibility index (Phi) is 8.02. The van der Waals surface area contributed by atoms with Gasteiger partial charge in [0.15, 0.2) is 0 Å². The maximum atomic E-state index is 14.4. The van der Waals surface area contributed by atoms with Gasteiger partial charge in [-0.3, -0.25) is 4.79 Å². The smallest absolute Gasteiger partial charge is 0.338 e. The normalized spacial score (nSPS) is 23.7. The molecule has 0 aromatic heterocycles. The highest BCUT2D eigenvalue weighted by Crippen LogP contribution is 2.57. The van der Waals surface area contributed by atoms with Gasteiger partial charge in [0.1, 0.15) is 11.9 Å². The Morgan fingerprint density at radius 2 is 1.49 bits per heavy atom. The van der Waals surface area contributed by atoms with Crippen LogP contribution in [-0.2, 0) is 34.2 Å². The van der Waals surface area contributed by atoms with E-state index >= 15 is 0 Å². The molecule has 8 nitrogen and oxygen atoms in total. The molecule has 0 fully saturated rings. The number of ether oxygens (including phenoxy) is 4. The molecular formula is C31H35NO7. The molecule has 2 atom stereocenters. The molecule has 0 aliphatic carbocycles. The molecule has 0 radical (unpaired) electrons. The summed E-state index contributed by atoms with van der Waals surface area (Å²) in [6.45, 7) is 0.985. The summed E-state index contributed by atoms with van der Waals surface area (Å²) in [5.41, 5.74) is -0.332. The van der Waals surface area contributed by atoms with Crippen LogP contribution in [-0.4, -0.2) is 45.2 Å². The third-order valence-corrected chi connectivity index (χ3v) is 7.83. The van der Waals surface area contributed by atoms with Crippen molar-refractivity contribution in [3.05, 3.63) is 70.8 Å². The van der Waals surface area contributed by atoms with Crippen LogP contribution in [0.1, 0.15) is 68.6 Å². The lowest BCUT2D eigenvalue weighted by atomic mass is 9.85. The first-order valence-electron chi connectivity index (χ1n) is 13.8. The average molecular weight is 534 g/mol. The first kappa shape index (κ1) is 26.9. The van der Waals surface area contributed by atoms with Crippen molar-refractivity contribution >= 4 is 23.5 Å². The number of hydrogen-bond donors (Lipinski definition) is 0. The number of carbonyl (C=O) groups is 3. The van der Waals surface area contributed by atoms with E-state index in [-0.39, 0.29) is 11.1 Å². The molecule has 1 amide bonds. The predicted molar refractivity (Wildman–Crippen MR) is 144 cm³/mol. The van der Waals surface area contributed by atoms with E-state index in [1.54, 1.807) is 23.1 Å². The van der Waals surface area contributed by atoms with Crippen molar-refractivity contribution in [3.63, 3.8) is 0 Å². The van der Waals surface area contributed by atoms with Crippen LogP contribution in [0.25, 0.3) is 0 Å². The lowest BCUT2D eigenvalue weighted by molar-refractivity contribution is -0.148. The summed E-state index contributed by atoms with van der Waals surface area (Å²) in [7, 11) is 2.47. The largest absolute Gasteiger partial charge is 0.493 e. The molecule has 3 aliphatic rings. The van der Waals surface area contributed by atoms with Crippen molar-refractivity contribution in [1.29, 1.82) is 0 Å². The summed E-state index contributed by atoms with van der Waals surface area (Å²) in [6.07, 6.45) is 7.27. The van der Waals surface area contributed by atoms with Crippen molar-refractivity contribution in [3.8, 4) is 5.75 Å². The van der Waals surface area contributed by atoms with Gasteiger partial charge in [-0.15, -0.1) is 0 Å². The molecular weight excluding hydrogens is 498 g/mol. The zero-order valence-corrected chi connectivity index (χ0v) is 22.6. The molecule has 0 unspecified atom stereocenters. The van der Waals surface area contributed by atoms with Crippen LogP contribution in [0.4, 0.5) is 5.69 Å². The molecule has 3 heterocycles. The standard InChI is InChI=1S/C31H35NO7/c1-36-28(33)25-26(29(34)37-2)31-22-16-10-11-17-23(22)32(30(31)35)19-13-7-5-3-4-6-8-14-20-38-24-18-12-9-15-21(24)27(25)39-31/h9-12,15-18,27H,3-8,13-14,19-20H2,1-2H3/t27-,31-/m0/s1. The highest BCUT2D eigenvalue weighted by atomic mass is 16.6. The van der Waals surface area contributed by atoms with Crippen LogP contribution in [0.2, 0.25) is 0 Å². The lowest BCUT2D eigenvalue weighted by Gasteiger charge is -2.27. The SMILES string of the molecule is COC(=O)C1=C(C(=O)OC)[C@]23O[C@H]1c1ccccc1OCCCCCCCCCCN(C2=O)c1ccccc13. The van der Waals surface area contributed by atoms with Crippen LogP contribution < -0.4 is 9.64 Å². The Balaban J connectivity index is 1.71. The van der Waals surface area contributed by atoms with Gasteiger partial charge in [0.05, 0.1) is 37.7 Å². The lowest BCUT2D eigenvalue weighted by Crippen LogP contribution is -2.44. The maximum Gasteiger partial charge on any atom is 0.338 e. The number of para-hydroxylation sites is 2. The Morgan fingerprint density at radius 1 is 0.846 bits per heavy atom. The van der Waals surface area contributed by atoms with Gasteiger partial charge >= 0.3 is 11.9 Å². The summed E-state index contributed by atoms with van der Waals surface area (Å²) < 4.78 is 23.2. The number of rotatable bonds is 2. The van der Waals surface area contributed by atoms with Crippen molar-refractivity contribution < 1.29 is 33.3 Å². The number of carbonyl (C=O) groups excluding carboxylic acids is 3. The second-order valence-electron chi connectivity index (χ2n) is 10.1. The fourth-order valence-corrected chi connectivity index (χ4v) is 5.95. The molecule has 5 rings (SSSR count). The number of benzene rings is 2. The van der Waals surface area contributed by atoms with E-state index in [4.69, 9.17) is 18.9 Å². The third-order valence-electron chi connectivity index (χ3n) is 7.83. The van der Waals surface area contributed by atoms with Gasteiger partial charge < -0.3 is 23.8 Å². The van der Waals surface area contributed by atoms with Gasteiger partial charge in [0, 0.05) is 17.7 Å². The number of amides is 1. The Hall–Kier alpha value is -3.65. The zero-order chi connectivity index (χ0) is 27.4. The van der Waals surface area contributed by atoms with Crippen molar-refractivity contribution in [2.75, 3.05) is 32.3 Å². The molecule has 2 aromatic rings. The molecule has 8 heteroatoms. The summed E-state index contributed by atoms with van der Waals surface area (Å²) in [5, 5.41) is 0. The van der Waals surface area contributed by atoms with Crippen LogP contribution >= 0.6 is 0 Å². The van der Waals surface area contributed by atoms with Crippen LogP contribution in [0, 0.1) is 0 Å². The van der Waals surface area contributed by atoms with E-state index in [0.29, 0.717) is 35.7 Å². The fraction of sp³-hybridized carbons (Fsp3) is 0.452. The number of anilines is 1. The third kappa shape index (κ3) is 4.71. The number of esters is 2. The molecule has 1 spiro atoms. The van der Waals surface area contributed by atoms with Gasteiger partial charge in [0.2, 0.25) is 5.60 Å². The van der Waals surface area contributed by atoms with Crippen LogP contribution in [0.5, 0.6) is 5.75 Å². The van der Waals surface area contributed by atoms with Gasteiger partial charge in [-0.1, -0.05) is 74.9 Å². The number of fused-ring (bicyclic) bond motifs is 6. The van der Waals surface area contributed by atoms with E-state index in [1.807, 2.05) is 30.3 Å². The highest BCUT2D eigenvalue weighted by Gasteiger charge is 2.64. The van der Waals surface area contributed by atoms with Crippen LogP contribution in [0.3, 0.4) is 0 Å². The van der Waals surface area contributed by atoms with Crippen LogP contribution in [0.15, 0.2) is 59.7 Å². The summed E-state index contributed by atoms with van der Waals surface area (Å²) in [4.78, 5) is 42.9. The molecule has 206 valence electrons. The Labute approximate surface area is 228 Å². The Bertz CT molecular complexity index is 1290. The monoisotopic (exact) mass is 533 g/mol. The van der Waals surface area contributed by atoms with E-state index < -0.39 is 29.6 Å². The fourth-order valence-electron chi connectivity index (χ4n) is 5.95. The topological polar surface area (TPSA) is 91.4 Å². The summed E-state index contributed by atoms with van der Waals surface area (Å²) in [6, 6.07) is 14.5. The second-order valence-corrected chi connectivity index (χ2v) is 10.1. The summed E-state index contributed by atoms with van der Waals surface area (Å²) in [5.74, 6) is -1.46. The van der Waals surface area contributed by atoms with Crippen molar-refractivity contribution in [2.24, 2.45) is 0 Å². The van der Waals surface area contributed by atoms with Crippen molar-refractivity contribution in [1.82, 2.24) is 0 Å². The minimum absolute atomic E-state index is 0.0525. The van der Waals surface area contributed by atoms with E-state index in [9.17, 15) is 14.4 Å². The minimum Gasteiger partial charge on any atom is -0.493 e. The molecule has 0 saturated carbocycles. The molecule has 0 saturated heterocycles. The number of hydrogen-bond acceptors (Lipinski definition) is 7. The quantitative estimate of drug-likeness (QED) is 0.493. The minimum atomic E-state index is -1.85. The number of methoxy groups -OCH3 is 2. The molecule has 3 bridgehead atoms. The first-order chi connectivity index (χ1) is 19.0. The second kappa shape index (κ2) is 11.6. The predicted octanol–water partition coefficient (Wildman–Crippen LogP) is 5.16. The van der Waals surface area contributed by atoms with Gasteiger partial charge in [0.25, 0.3) is 5.91 Å². The van der Waals surface area contributed by atoms with Crippen molar-refractivity contribution in [2.45, 2.75) is 63.1 Å². The maximum absolute atomic E-state index is 14.4. The Morgan fingerprint density at radius 3 is 2.23 bits per heavy atom. The van der Waals surface area contributed by atoms with E-state index in [0.717, 1.165) is 44.9 Å². The van der Waals surface area contributed by atoms with E-state index in [2.05, 4.69) is 0 Å². The molecule has 2 aromatic carbocycles. The average Bonchev–Trinajstić information content (AvgIpc) is 3.44. The highest BCUT2D eigenvalue weighted by molar-refractivity contribution is 6.17. The van der Waals surface area contributed by atoms with E-state index in [1.165, 1.54) is 20.6 Å².